The molecule has 6 rings (SSSR count). The molecule has 0 spiro atoms. The van der Waals surface area contributed by atoms with Gasteiger partial charge >= 0.3 is 12.1 Å². The minimum absolute atomic E-state index is 0.00278. The van der Waals surface area contributed by atoms with E-state index in [9.17, 15) is 9.59 Å². The number of carbonyl (C=O) groups excluding carboxylic acids is 2. The van der Waals surface area contributed by atoms with Gasteiger partial charge in [0.1, 0.15) is 5.60 Å². The molecule has 1 aromatic carbocycles. The molecule has 0 aliphatic heterocycles. The first-order valence-corrected chi connectivity index (χ1v) is 13.5. The predicted molar refractivity (Wildman–Crippen MR) is 134 cm³/mol. The van der Waals surface area contributed by atoms with Crippen molar-refractivity contribution in [3.05, 3.63) is 35.9 Å². The van der Waals surface area contributed by atoms with Gasteiger partial charge in [0.25, 0.3) is 0 Å². The molecule has 0 aromatic heterocycles. The molecule has 5 saturated carbocycles. The van der Waals surface area contributed by atoms with Gasteiger partial charge in [-0.05, 0) is 107 Å². The second-order valence-electron chi connectivity index (χ2n) is 13.5. The van der Waals surface area contributed by atoms with E-state index in [1.807, 2.05) is 20.8 Å². The largest absolute Gasteiger partial charge is 0.444 e. The number of carbonyl (C=O) groups is 2. The van der Waals surface area contributed by atoms with Crippen LogP contribution in [0.2, 0.25) is 0 Å². The lowest BCUT2D eigenvalue weighted by molar-refractivity contribution is -0.225. The van der Waals surface area contributed by atoms with E-state index in [0.29, 0.717) is 5.92 Å². The van der Waals surface area contributed by atoms with Crippen molar-refractivity contribution in [2.45, 2.75) is 115 Å². The minimum Gasteiger partial charge on any atom is -0.442 e. The highest BCUT2D eigenvalue weighted by atomic mass is 16.8. The summed E-state index contributed by atoms with van der Waals surface area (Å²) in [4.78, 5) is 33.5. The van der Waals surface area contributed by atoms with Crippen LogP contribution in [-0.4, -0.2) is 34.8 Å². The van der Waals surface area contributed by atoms with Crippen LogP contribution in [0.5, 0.6) is 0 Å². The van der Waals surface area contributed by atoms with Gasteiger partial charge < -0.3 is 15.3 Å². The summed E-state index contributed by atoms with van der Waals surface area (Å²) in [5, 5.41) is 1.27. The number of benzene rings is 1. The zero-order valence-electron chi connectivity index (χ0n) is 21.8. The van der Waals surface area contributed by atoms with E-state index < -0.39 is 17.1 Å². The zero-order chi connectivity index (χ0) is 25.1. The van der Waals surface area contributed by atoms with Crippen LogP contribution >= 0.6 is 0 Å². The Labute approximate surface area is 209 Å². The maximum absolute atomic E-state index is 14.1. The standard InChI is InChI=1S/C29H42N2O4/c1-26(2,3)34-25(33)31(23-12-10-22(30)11-13-23)35-24(32)29-16-20-14-27(4,18-29)17-28(15-20,19-29)21-8-6-5-7-9-21/h5-9,20,22-23H,10-19,30H2,1-4H3. The average Bonchev–Trinajstić information content (AvgIpc) is 2.76. The van der Waals surface area contributed by atoms with Crippen molar-refractivity contribution < 1.29 is 19.2 Å². The molecule has 192 valence electrons. The van der Waals surface area contributed by atoms with E-state index in [0.717, 1.165) is 57.8 Å². The summed E-state index contributed by atoms with van der Waals surface area (Å²) < 4.78 is 5.69. The highest BCUT2D eigenvalue weighted by Gasteiger charge is 2.65. The number of nitrogens with two attached hydrogens (primary N) is 1. The van der Waals surface area contributed by atoms with Gasteiger partial charge in [0, 0.05) is 6.04 Å². The van der Waals surface area contributed by atoms with E-state index >= 15 is 0 Å². The Balaban J connectivity index is 1.43. The molecule has 1 amide bonds. The Bertz CT molecular complexity index is 967. The number of hydrogen-bond donors (Lipinski definition) is 1. The molecule has 1 aromatic rings. The van der Waals surface area contributed by atoms with Crippen molar-refractivity contribution in [1.82, 2.24) is 5.06 Å². The van der Waals surface area contributed by atoms with Crippen molar-refractivity contribution in [3.63, 3.8) is 0 Å². The molecule has 2 N–H and O–H groups in total. The summed E-state index contributed by atoms with van der Waals surface area (Å²) in [6, 6.07) is 10.7. The highest BCUT2D eigenvalue weighted by Crippen LogP contribution is 2.70. The maximum atomic E-state index is 14.1. The molecule has 6 nitrogen and oxygen atoms in total. The lowest BCUT2D eigenvalue weighted by Crippen LogP contribution is -2.61. The average molecular weight is 483 g/mol. The van der Waals surface area contributed by atoms with Gasteiger partial charge in [-0.15, -0.1) is 5.06 Å². The summed E-state index contributed by atoms with van der Waals surface area (Å²) in [5.74, 6) is 0.264. The van der Waals surface area contributed by atoms with E-state index in [-0.39, 0.29) is 28.9 Å². The van der Waals surface area contributed by atoms with Crippen LogP contribution in [0.25, 0.3) is 0 Å². The molecule has 4 unspecified atom stereocenters. The van der Waals surface area contributed by atoms with Crippen LogP contribution in [0.3, 0.4) is 0 Å². The first-order valence-electron chi connectivity index (χ1n) is 13.5. The van der Waals surface area contributed by atoms with Crippen molar-refractivity contribution in [2.24, 2.45) is 22.5 Å². The maximum Gasteiger partial charge on any atom is 0.444 e. The summed E-state index contributed by atoms with van der Waals surface area (Å²) in [7, 11) is 0. The number of hydroxylamine groups is 2. The van der Waals surface area contributed by atoms with Crippen LogP contribution in [0, 0.1) is 16.7 Å². The normalized spacial score (nSPS) is 38.1. The molecule has 4 bridgehead atoms. The van der Waals surface area contributed by atoms with Crippen LogP contribution in [0.1, 0.15) is 97.5 Å². The Kier molecular flexibility index (Phi) is 5.98. The van der Waals surface area contributed by atoms with Gasteiger partial charge in [-0.2, -0.15) is 0 Å². The molecular formula is C29H42N2O4. The molecule has 0 saturated heterocycles. The van der Waals surface area contributed by atoms with Gasteiger partial charge in [0.05, 0.1) is 11.5 Å². The summed E-state index contributed by atoms with van der Waals surface area (Å²) >= 11 is 0. The topological polar surface area (TPSA) is 81.9 Å². The molecular weight excluding hydrogens is 440 g/mol. The molecule has 35 heavy (non-hydrogen) atoms. The smallest absolute Gasteiger partial charge is 0.442 e. The molecule has 5 fully saturated rings. The number of nitrogens with zero attached hydrogens (tertiary/aromatic N) is 1. The summed E-state index contributed by atoms with van der Waals surface area (Å²) in [6.07, 6.45) is 8.40. The fourth-order valence-electron chi connectivity index (χ4n) is 8.35. The third-order valence-corrected chi connectivity index (χ3v) is 8.99. The number of hydrogen-bond acceptors (Lipinski definition) is 5. The Morgan fingerprint density at radius 3 is 2.29 bits per heavy atom. The van der Waals surface area contributed by atoms with Crippen LogP contribution in [-0.2, 0) is 19.8 Å². The van der Waals surface area contributed by atoms with E-state index in [2.05, 4.69) is 37.3 Å². The molecule has 5 aliphatic carbocycles. The van der Waals surface area contributed by atoms with Gasteiger partial charge in [0.15, 0.2) is 0 Å². The second-order valence-corrected chi connectivity index (χ2v) is 13.5. The fourth-order valence-corrected chi connectivity index (χ4v) is 8.35. The number of ether oxygens (including phenoxy) is 1. The van der Waals surface area contributed by atoms with Crippen LogP contribution < -0.4 is 5.73 Å². The lowest BCUT2D eigenvalue weighted by atomic mass is 9.39. The summed E-state index contributed by atoms with van der Waals surface area (Å²) in [5.41, 5.74) is 6.35. The van der Waals surface area contributed by atoms with Gasteiger partial charge in [-0.3, -0.25) is 0 Å². The first-order chi connectivity index (χ1) is 16.4. The molecule has 0 heterocycles. The van der Waals surface area contributed by atoms with Crippen molar-refractivity contribution in [3.8, 4) is 0 Å². The highest BCUT2D eigenvalue weighted by molar-refractivity contribution is 5.80. The minimum atomic E-state index is -0.668. The van der Waals surface area contributed by atoms with Crippen LogP contribution in [0.4, 0.5) is 4.79 Å². The van der Waals surface area contributed by atoms with Gasteiger partial charge in [-0.1, -0.05) is 37.3 Å². The van der Waals surface area contributed by atoms with Crippen molar-refractivity contribution in [1.29, 1.82) is 0 Å². The molecule has 4 atom stereocenters. The predicted octanol–water partition coefficient (Wildman–Crippen LogP) is 5.88. The van der Waals surface area contributed by atoms with Crippen LogP contribution in [0.15, 0.2) is 30.3 Å². The summed E-state index contributed by atoms with van der Waals surface area (Å²) in [6.45, 7) is 7.87. The zero-order valence-corrected chi connectivity index (χ0v) is 21.8. The quantitative estimate of drug-likeness (QED) is 0.544. The Hall–Kier alpha value is -2.08. The SMILES string of the molecule is CC12CC3CC(C(=O)ON(C(=O)OC(C)(C)C)C4CCC(N)CC4)(C1)CC(c1ccccc1)(C3)C2. The third-order valence-electron chi connectivity index (χ3n) is 8.99. The first kappa shape index (κ1) is 24.6. The monoisotopic (exact) mass is 482 g/mol. The van der Waals surface area contributed by atoms with E-state index in [1.54, 1.807) is 0 Å². The lowest BCUT2D eigenvalue weighted by Gasteiger charge is -2.65. The van der Waals surface area contributed by atoms with Crippen molar-refractivity contribution in [2.75, 3.05) is 0 Å². The van der Waals surface area contributed by atoms with Gasteiger partial charge in [-0.25, -0.2) is 9.59 Å². The fraction of sp³-hybridized carbons (Fsp3) is 0.724. The van der Waals surface area contributed by atoms with E-state index in [1.165, 1.54) is 17.0 Å². The third kappa shape index (κ3) is 4.71. The molecule has 0 radical (unpaired) electrons. The molecule has 6 heteroatoms. The van der Waals surface area contributed by atoms with Crippen molar-refractivity contribution >= 4 is 12.1 Å². The second kappa shape index (κ2) is 8.50. The number of amides is 1. The van der Waals surface area contributed by atoms with Gasteiger partial charge in [0.2, 0.25) is 0 Å². The Morgan fingerprint density at radius 1 is 0.971 bits per heavy atom. The van der Waals surface area contributed by atoms with E-state index in [4.69, 9.17) is 15.3 Å². The number of rotatable bonds is 3. The Morgan fingerprint density at radius 2 is 1.66 bits per heavy atom. The molecule has 5 aliphatic rings.